The molecule has 5 rings (SSSR count). The van der Waals surface area contributed by atoms with Crippen molar-refractivity contribution in [3.8, 4) is 11.5 Å². The molecular weight excluding hydrogens is 470 g/mol. The Kier molecular flexibility index (Phi) is 7.25. The van der Waals surface area contributed by atoms with Crippen molar-refractivity contribution in [3.05, 3.63) is 88.0 Å². The number of aromatic hydroxyl groups is 1. The second kappa shape index (κ2) is 10.7. The Bertz CT molecular complexity index is 1360. The van der Waals surface area contributed by atoms with Crippen molar-refractivity contribution < 1.29 is 19.7 Å². The standard InChI is InChI=1S/C30H31NO4S/c1-20-26(33)15-14-25-27(30(36-29(20)25)22-6-5-7-23(32)11-8-22)28(34)21-9-12-24(13-10-21)35-19-18-31-16-3-2-4-17-31/h5,7-15,32-33H,2-4,6,16-19H2,1H3. The Morgan fingerprint density at radius 2 is 1.81 bits per heavy atom. The van der Waals surface area contributed by atoms with Gasteiger partial charge in [-0.2, -0.15) is 0 Å². The van der Waals surface area contributed by atoms with Gasteiger partial charge in [0.25, 0.3) is 0 Å². The number of nitrogens with zero attached hydrogens (tertiary/aromatic N) is 1. The fraction of sp³-hybridized carbons (Fsp3) is 0.300. The first-order chi connectivity index (χ1) is 17.5. The van der Waals surface area contributed by atoms with Crippen molar-refractivity contribution in [1.29, 1.82) is 0 Å². The first-order valence-corrected chi connectivity index (χ1v) is 13.3. The van der Waals surface area contributed by atoms with E-state index in [1.54, 1.807) is 18.2 Å². The summed E-state index contributed by atoms with van der Waals surface area (Å²) >= 11 is 1.51. The molecule has 6 heteroatoms. The van der Waals surface area contributed by atoms with Crippen LogP contribution < -0.4 is 4.74 Å². The van der Waals surface area contributed by atoms with Crippen LogP contribution in [-0.2, 0) is 0 Å². The van der Waals surface area contributed by atoms with Crippen molar-refractivity contribution in [2.75, 3.05) is 26.2 Å². The van der Waals surface area contributed by atoms with Crippen LogP contribution in [0.1, 0.15) is 52.0 Å². The summed E-state index contributed by atoms with van der Waals surface area (Å²) in [7, 11) is 0. The van der Waals surface area contributed by atoms with Gasteiger partial charge >= 0.3 is 0 Å². The molecule has 186 valence electrons. The van der Waals surface area contributed by atoms with E-state index in [9.17, 15) is 15.0 Å². The van der Waals surface area contributed by atoms with Crippen LogP contribution >= 0.6 is 11.3 Å². The third-order valence-electron chi connectivity index (χ3n) is 6.92. The molecule has 0 amide bonds. The number of phenolic OH excluding ortho intramolecular Hbond substituents is 1. The molecule has 1 fully saturated rings. The van der Waals surface area contributed by atoms with Crippen LogP contribution in [-0.4, -0.2) is 47.1 Å². The number of fused-ring (bicyclic) bond motifs is 1. The number of carbonyl (C=O) groups excluding carboxylic acids is 1. The van der Waals surface area contributed by atoms with Gasteiger partial charge in [0.1, 0.15) is 23.9 Å². The molecule has 0 saturated carbocycles. The molecule has 2 aliphatic rings. The predicted molar refractivity (Wildman–Crippen MR) is 146 cm³/mol. The molecular formula is C30H31NO4S. The molecule has 2 aromatic carbocycles. The fourth-order valence-corrected chi connectivity index (χ4v) is 6.17. The topological polar surface area (TPSA) is 70.0 Å². The molecule has 0 atom stereocenters. The number of hydrogen-bond acceptors (Lipinski definition) is 6. The summed E-state index contributed by atoms with van der Waals surface area (Å²) in [5.74, 6) is 1.09. The fourth-order valence-electron chi connectivity index (χ4n) is 4.84. The number of carbonyl (C=O) groups is 1. The van der Waals surface area contributed by atoms with Gasteiger partial charge in [0.15, 0.2) is 5.78 Å². The predicted octanol–water partition coefficient (Wildman–Crippen LogP) is 6.80. The van der Waals surface area contributed by atoms with Gasteiger partial charge in [0.2, 0.25) is 0 Å². The molecule has 3 aromatic rings. The van der Waals surface area contributed by atoms with E-state index in [2.05, 4.69) is 4.90 Å². The number of hydrogen-bond donors (Lipinski definition) is 2. The molecule has 1 aromatic heterocycles. The van der Waals surface area contributed by atoms with Crippen LogP contribution in [0.15, 0.2) is 66.5 Å². The molecule has 2 heterocycles. The van der Waals surface area contributed by atoms with Crippen molar-refractivity contribution >= 4 is 32.8 Å². The number of phenols is 1. The van der Waals surface area contributed by atoms with E-state index in [4.69, 9.17) is 4.74 Å². The van der Waals surface area contributed by atoms with E-state index < -0.39 is 0 Å². The van der Waals surface area contributed by atoms with Crippen LogP contribution in [0, 0.1) is 6.92 Å². The lowest BCUT2D eigenvalue weighted by atomic mass is 9.95. The zero-order valence-electron chi connectivity index (χ0n) is 20.5. The molecule has 2 N–H and O–H groups in total. The second-order valence-electron chi connectivity index (χ2n) is 9.39. The highest BCUT2D eigenvalue weighted by atomic mass is 32.1. The minimum Gasteiger partial charge on any atom is -0.508 e. The Morgan fingerprint density at radius 3 is 2.58 bits per heavy atom. The lowest BCUT2D eigenvalue weighted by molar-refractivity contribution is 0.104. The quantitative estimate of drug-likeness (QED) is 0.349. The SMILES string of the molecule is Cc1c(O)ccc2c(C(=O)c3ccc(OCCN4CCCCC4)cc3)c(C3=CC=C(O)C=CC3)sc12. The molecule has 36 heavy (non-hydrogen) atoms. The third-order valence-corrected chi connectivity index (χ3v) is 8.32. The number of aliphatic hydroxyl groups excluding tert-OH is 1. The van der Waals surface area contributed by atoms with E-state index in [1.165, 1.54) is 30.6 Å². The first kappa shape index (κ1) is 24.3. The monoisotopic (exact) mass is 501 g/mol. The molecule has 0 radical (unpaired) electrons. The summed E-state index contributed by atoms with van der Waals surface area (Å²) in [4.78, 5) is 17.2. The van der Waals surface area contributed by atoms with Gasteiger partial charge in [-0.3, -0.25) is 9.69 Å². The highest BCUT2D eigenvalue weighted by molar-refractivity contribution is 7.20. The van der Waals surface area contributed by atoms with Crippen LogP contribution in [0.5, 0.6) is 11.5 Å². The van der Waals surface area contributed by atoms with Gasteiger partial charge in [0, 0.05) is 38.2 Å². The number of rotatable bonds is 7. The molecule has 1 aliphatic heterocycles. The zero-order valence-corrected chi connectivity index (χ0v) is 21.3. The van der Waals surface area contributed by atoms with E-state index in [-0.39, 0.29) is 17.3 Å². The Labute approximate surface area is 215 Å². The van der Waals surface area contributed by atoms with Gasteiger partial charge in [-0.15, -0.1) is 11.3 Å². The summed E-state index contributed by atoms with van der Waals surface area (Å²) in [6.07, 6.45) is 11.5. The van der Waals surface area contributed by atoms with Crippen LogP contribution in [0.3, 0.4) is 0 Å². The number of piperidine rings is 1. The minimum atomic E-state index is -0.0662. The number of ether oxygens (including phenoxy) is 1. The highest BCUT2D eigenvalue weighted by Crippen LogP contribution is 2.42. The Balaban J connectivity index is 1.42. The molecule has 5 nitrogen and oxygen atoms in total. The lowest BCUT2D eigenvalue weighted by Gasteiger charge is -2.26. The molecule has 0 bridgehead atoms. The van der Waals surface area contributed by atoms with Gasteiger partial charge < -0.3 is 14.9 Å². The van der Waals surface area contributed by atoms with Crippen molar-refractivity contribution in [2.24, 2.45) is 0 Å². The summed E-state index contributed by atoms with van der Waals surface area (Å²) in [6.45, 7) is 5.72. The summed E-state index contributed by atoms with van der Waals surface area (Å²) in [5.41, 5.74) is 2.94. The lowest BCUT2D eigenvalue weighted by Crippen LogP contribution is -2.33. The van der Waals surface area contributed by atoms with E-state index >= 15 is 0 Å². The first-order valence-electron chi connectivity index (χ1n) is 12.5. The largest absolute Gasteiger partial charge is 0.508 e. The maximum atomic E-state index is 13.8. The van der Waals surface area contributed by atoms with Gasteiger partial charge in [-0.25, -0.2) is 0 Å². The summed E-state index contributed by atoms with van der Waals surface area (Å²) < 4.78 is 6.85. The van der Waals surface area contributed by atoms with Crippen LogP contribution in [0.4, 0.5) is 0 Å². The number of allylic oxidation sites excluding steroid dienone is 5. The van der Waals surface area contributed by atoms with Gasteiger partial charge in [-0.05, 0) is 93.4 Å². The van der Waals surface area contributed by atoms with Gasteiger partial charge in [-0.1, -0.05) is 18.6 Å². The van der Waals surface area contributed by atoms with Crippen molar-refractivity contribution in [3.63, 3.8) is 0 Å². The number of thiophene rings is 1. The maximum absolute atomic E-state index is 13.8. The number of benzene rings is 2. The minimum absolute atomic E-state index is 0.0662. The Morgan fingerprint density at radius 1 is 1.03 bits per heavy atom. The number of aryl methyl sites for hydroxylation is 1. The highest BCUT2D eigenvalue weighted by Gasteiger charge is 2.24. The van der Waals surface area contributed by atoms with Crippen molar-refractivity contribution in [1.82, 2.24) is 4.90 Å². The maximum Gasteiger partial charge on any atom is 0.195 e. The zero-order chi connectivity index (χ0) is 25.1. The van der Waals surface area contributed by atoms with Crippen molar-refractivity contribution in [2.45, 2.75) is 32.6 Å². The molecule has 0 unspecified atom stereocenters. The Hall–Kier alpha value is -3.35. The third kappa shape index (κ3) is 5.11. The second-order valence-corrected chi connectivity index (χ2v) is 10.4. The van der Waals surface area contributed by atoms with E-state index in [1.807, 2.05) is 49.4 Å². The van der Waals surface area contributed by atoms with Gasteiger partial charge in [0.05, 0.1) is 0 Å². The molecule has 0 spiro atoms. The van der Waals surface area contributed by atoms with Crippen LogP contribution in [0.2, 0.25) is 0 Å². The number of aliphatic hydroxyl groups is 1. The molecule has 1 saturated heterocycles. The average molecular weight is 502 g/mol. The molecule has 1 aliphatic carbocycles. The normalized spacial score (nSPS) is 16.5. The smallest absolute Gasteiger partial charge is 0.195 e. The van der Waals surface area contributed by atoms with Crippen LogP contribution in [0.25, 0.3) is 15.7 Å². The van der Waals surface area contributed by atoms with E-state index in [0.29, 0.717) is 24.2 Å². The summed E-state index contributed by atoms with van der Waals surface area (Å²) in [6, 6.07) is 10.9. The number of likely N-dealkylation sites (tertiary alicyclic amines) is 1. The average Bonchev–Trinajstić information content (AvgIpc) is 3.15. The summed E-state index contributed by atoms with van der Waals surface area (Å²) in [5, 5.41) is 21.0. The number of ketones is 1. The van der Waals surface area contributed by atoms with E-state index in [0.717, 1.165) is 51.5 Å².